The lowest BCUT2D eigenvalue weighted by molar-refractivity contribution is -0.145. The van der Waals surface area contributed by atoms with Crippen LogP contribution in [-0.2, 0) is 18.3 Å². The molecule has 4 rings (SSSR count). The van der Waals surface area contributed by atoms with Crippen molar-refractivity contribution in [1.29, 1.82) is 0 Å². The van der Waals surface area contributed by atoms with E-state index in [0.717, 1.165) is 16.8 Å². The van der Waals surface area contributed by atoms with Crippen LogP contribution < -0.4 is 0 Å². The van der Waals surface area contributed by atoms with E-state index in [9.17, 15) is 14.7 Å². The van der Waals surface area contributed by atoms with Crippen LogP contribution in [0.2, 0.25) is 10.0 Å². The Kier molecular flexibility index (Phi) is 6.47. The Bertz CT molecular complexity index is 1260. The summed E-state index contributed by atoms with van der Waals surface area (Å²) in [6, 6.07) is 9.88. The molecule has 2 heterocycles. The number of aromatic nitrogens is 1. The van der Waals surface area contributed by atoms with Crippen LogP contribution in [0.25, 0.3) is 10.9 Å². The van der Waals surface area contributed by atoms with E-state index in [0.29, 0.717) is 41.5 Å². The summed E-state index contributed by atoms with van der Waals surface area (Å²) in [5, 5.41) is 11.4. The third kappa shape index (κ3) is 4.36. The Balaban J connectivity index is 1.65. The molecule has 1 amide bonds. The van der Waals surface area contributed by atoms with Gasteiger partial charge in [0, 0.05) is 48.2 Å². The van der Waals surface area contributed by atoms with E-state index in [1.807, 2.05) is 14.0 Å². The Labute approximate surface area is 203 Å². The van der Waals surface area contributed by atoms with Gasteiger partial charge in [0.25, 0.3) is 5.91 Å². The molecule has 0 aliphatic carbocycles. The topological polar surface area (TPSA) is 62.5 Å². The number of piperidine rings is 1. The molecule has 3 aromatic rings. The number of likely N-dealkylation sites (tertiary alicyclic amines) is 1. The number of nitrogens with zero attached hydrogens (tertiary/aromatic N) is 2. The number of benzene rings is 2. The van der Waals surface area contributed by atoms with Crippen LogP contribution in [0.5, 0.6) is 0 Å². The van der Waals surface area contributed by atoms with Crippen molar-refractivity contribution in [2.24, 2.45) is 18.9 Å². The zero-order valence-corrected chi connectivity index (χ0v) is 20.8. The number of aryl methyl sites for hydroxylation is 3. The van der Waals surface area contributed by atoms with Crippen molar-refractivity contribution in [2.75, 3.05) is 13.1 Å². The van der Waals surface area contributed by atoms with Crippen molar-refractivity contribution in [1.82, 2.24) is 9.47 Å². The maximum Gasteiger partial charge on any atom is 0.306 e. The molecule has 1 N–H and O–H groups in total. The van der Waals surface area contributed by atoms with Crippen molar-refractivity contribution in [3.8, 4) is 0 Å². The second-order valence-corrected chi connectivity index (χ2v) is 10.0. The van der Waals surface area contributed by atoms with Gasteiger partial charge in [0.1, 0.15) is 0 Å². The average molecular weight is 487 g/mol. The van der Waals surface area contributed by atoms with Gasteiger partial charge in [-0.05, 0) is 67.1 Å². The van der Waals surface area contributed by atoms with Crippen LogP contribution in [0.4, 0.5) is 0 Å². The molecule has 2 atom stereocenters. The van der Waals surface area contributed by atoms with E-state index in [-0.39, 0.29) is 11.8 Å². The summed E-state index contributed by atoms with van der Waals surface area (Å²) >= 11 is 13.3. The van der Waals surface area contributed by atoms with E-state index in [2.05, 4.69) is 36.6 Å². The van der Waals surface area contributed by atoms with Crippen molar-refractivity contribution in [2.45, 2.75) is 33.6 Å². The van der Waals surface area contributed by atoms with Crippen molar-refractivity contribution in [3.63, 3.8) is 0 Å². The van der Waals surface area contributed by atoms with Crippen LogP contribution >= 0.6 is 23.2 Å². The van der Waals surface area contributed by atoms with Gasteiger partial charge < -0.3 is 14.6 Å². The maximum atomic E-state index is 13.3. The van der Waals surface area contributed by atoms with Gasteiger partial charge in [0.05, 0.1) is 16.5 Å². The summed E-state index contributed by atoms with van der Waals surface area (Å²) in [4.78, 5) is 26.4. The van der Waals surface area contributed by atoms with E-state index in [4.69, 9.17) is 23.2 Å². The van der Waals surface area contributed by atoms with Crippen molar-refractivity contribution < 1.29 is 14.7 Å². The zero-order chi connectivity index (χ0) is 24.0. The normalized spacial score (nSPS) is 18.7. The first-order valence-electron chi connectivity index (χ1n) is 11.1. The number of halogens is 2. The zero-order valence-electron chi connectivity index (χ0n) is 19.3. The van der Waals surface area contributed by atoms with Gasteiger partial charge in [0.15, 0.2) is 0 Å². The van der Waals surface area contributed by atoms with E-state index >= 15 is 0 Å². The molecule has 33 heavy (non-hydrogen) atoms. The molecule has 5 nitrogen and oxygen atoms in total. The average Bonchev–Trinajstić information content (AvgIpc) is 3.06. The van der Waals surface area contributed by atoms with Gasteiger partial charge >= 0.3 is 5.97 Å². The van der Waals surface area contributed by atoms with Gasteiger partial charge in [-0.2, -0.15) is 0 Å². The molecule has 0 unspecified atom stereocenters. The van der Waals surface area contributed by atoms with Crippen LogP contribution in [-0.4, -0.2) is 39.5 Å². The quantitative estimate of drug-likeness (QED) is 0.500. The predicted molar refractivity (Wildman–Crippen MR) is 132 cm³/mol. The summed E-state index contributed by atoms with van der Waals surface area (Å²) < 4.78 is 2.15. The molecule has 0 radical (unpaired) electrons. The van der Waals surface area contributed by atoms with E-state index in [1.165, 1.54) is 16.5 Å². The number of aliphatic carboxylic acids is 1. The summed E-state index contributed by atoms with van der Waals surface area (Å²) in [6.45, 7) is 6.86. The van der Waals surface area contributed by atoms with Gasteiger partial charge in [-0.3, -0.25) is 9.59 Å². The first-order valence-corrected chi connectivity index (χ1v) is 11.9. The number of amides is 1. The number of carbonyl (C=O) groups excluding carboxylic acids is 1. The second kappa shape index (κ2) is 9.03. The molecular weight excluding hydrogens is 459 g/mol. The van der Waals surface area contributed by atoms with Crippen molar-refractivity contribution in [3.05, 3.63) is 68.3 Å². The molecule has 0 spiro atoms. The number of hydrogen-bond acceptors (Lipinski definition) is 2. The first-order chi connectivity index (χ1) is 15.6. The highest BCUT2D eigenvalue weighted by molar-refractivity contribution is 6.38. The van der Waals surface area contributed by atoms with E-state index < -0.39 is 11.9 Å². The van der Waals surface area contributed by atoms with Crippen LogP contribution in [0.15, 0.2) is 30.3 Å². The highest BCUT2D eigenvalue weighted by Gasteiger charge is 2.34. The summed E-state index contributed by atoms with van der Waals surface area (Å²) in [7, 11) is 2.03. The highest BCUT2D eigenvalue weighted by Crippen LogP contribution is 2.34. The Morgan fingerprint density at radius 1 is 1.15 bits per heavy atom. The number of carbonyl (C=O) groups is 2. The molecule has 1 saturated heterocycles. The summed E-state index contributed by atoms with van der Waals surface area (Å²) in [6.07, 6.45) is 0.939. The smallest absolute Gasteiger partial charge is 0.306 e. The van der Waals surface area contributed by atoms with Gasteiger partial charge in [-0.25, -0.2) is 0 Å². The lowest BCUT2D eigenvalue weighted by atomic mass is 9.86. The fourth-order valence-corrected chi connectivity index (χ4v) is 5.57. The number of rotatable bonds is 4. The molecule has 174 valence electrons. The standard InChI is InChI=1S/C26H28Cl2N2O3/c1-14-9-15(2)20-11-17(29(4)23(20)10-14)12-21-22(27)6-5-19(24(21)28)25(31)30-8-7-18(26(32)33)16(3)13-30/h5-6,9-11,16,18H,7-8,12-13H2,1-4H3,(H,32,33)/t16-,18-/m0/s1. The maximum absolute atomic E-state index is 13.3. The number of fused-ring (bicyclic) bond motifs is 1. The lowest BCUT2D eigenvalue weighted by Gasteiger charge is -2.35. The Morgan fingerprint density at radius 2 is 1.88 bits per heavy atom. The number of carboxylic acid groups (broad SMARTS) is 1. The molecule has 0 bridgehead atoms. The SMILES string of the molecule is Cc1cc(C)c2cc(Cc3c(Cl)ccc(C(=O)N4CC[C@H](C(=O)O)[C@@H](C)C4)c3Cl)n(C)c2c1. The molecule has 1 aromatic heterocycles. The Morgan fingerprint density at radius 3 is 2.55 bits per heavy atom. The lowest BCUT2D eigenvalue weighted by Crippen LogP contribution is -2.45. The second-order valence-electron chi connectivity index (χ2n) is 9.24. The number of hydrogen-bond donors (Lipinski definition) is 1. The molecule has 2 aromatic carbocycles. The monoisotopic (exact) mass is 486 g/mol. The molecule has 1 aliphatic rings. The minimum atomic E-state index is -0.804. The minimum Gasteiger partial charge on any atom is -0.481 e. The first kappa shape index (κ1) is 23.7. The fraction of sp³-hybridized carbons (Fsp3) is 0.385. The summed E-state index contributed by atoms with van der Waals surface area (Å²) in [5.74, 6) is -1.53. The largest absolute Gasteiger partial charge is 0.481 e. The van der Waals surface area contributed by atoms with Crippen LogP contribution in [0.1, 0.15) is 46.1 Å². The third-order valence-electron chi connectivity index (χ3n) is 6.90. The minimum absolute atomic E-state index is 0.117. The Hall–Kier alpha value is -2.50. The van der Waals surface area contributed by atoms with Crippen LogP contribution in [0, 0.1) is 25.7 Å². The molecule has 1 aliphatic heterocycles. The fourth-order valence-electron chi connectivity index (χ4n) is 4.98. The molecule has 1 fully saturated rings. The molecule has 7 heteroatoms. The van der Waals surface area contributed by atoms with Crippen LogP contribution in [0.3, 0.4) is 0 Å². The van der Waals surface area contributed by atoms with Crippen molar-refractivity contribution >= 4 is 46.0 Å². The molecular formula is C26H28Cl2N2O3. The summed E-state index contributed by atoms with van der Waals surface area (Å²) in [5.41, 5.74) is 5.75. The molecule has 0 saturated carbocycles. The third-order valence-corrected chi connectivity index (χ3v) is 7.68. The van der Waals surface area contributed by atoms with E-state index in [1.54, 1.807) is 17.0 Å². The number of carboxylic acids is 1. The van der Waals surface area contributed by atoms with Gasteiger partial charge in [-0.1, -0.05) is 36.2 Å². The van der Waals surface area contributed by atoms with Gasteiger partial charge in [-0.15, -0.1) is 0 Å². The van der Waals surface area contributed by atoms with Gasteiger partial charge in [0.2, 0.25) is 0 Å². The predicted octanol–water partition coefficient (Wildman–Crippen LogP) is 5.88. The highest BCUT2D eigenvalue weighted by atomic mass is 35.5.